The van der Waals surface area contributed by atoms with Gasteiger partial charge in [-0.3, -0.25) is 4.90 Å². The highest BCUT2D eigenvalue weighted by Gasteiger charge is 2.32. The van der Waals surface area contributed by atoms with E-state index in [2.05, 4.69) is 17.0 Å². The molecule has 2 atom stereocenters. The molecule has 3 rings (SSSR count). The molecule has 1 aliphatic heterocycles. The molecule has 0 aromatic heterocycles. The Hall–Kier alpha value is -1.02. The minimum atomic E-state index is 0.870. The smallest absolute Gasteiger partial charge is 0.0314 e. The summed E-state index contributed by atoms with van der Waals surface area (Å²) in [6.45, 7) is 2.54. The highest BCUT2D eigenvalue weighted by Crippen LogP contribution is 2.35. The number of fused-ring (bicyclic) bond motifs is 1. The van der Waals surface area contributed by atoms with Gasteiger partial charge in [0.05, 0.1) is 0 Å². The molecule has 1 aromatic rings. The van der Waals surface area contributed by atoms with Crippen molar-refractivity contribution in [3.8, 4) is 0 Å². The van der Waals surface area contributed by atoms with E-state index in [9.17, 15) is 0 Å². The Kier molecular flexibility index (Phi) is 4.07. The molecule has 2 unspecified atom stereocenters. The van der Waals surface area contributed by atoms with Gasteiger partial charge < -0.3 is 5.73 Å². The van der Waals surface area contributed by atoms with Gasteiger partial charge in [-0.2, -0.15) is 0 Å². The zero-order valence-electron chi connectivity index (χ0n) is 11.9. The summed E-state index contributed by atoms with van der Waals surface area (Å²) in [5.41, 5.74) is 8.04. The van der Waals surface area contributed by atoms with Crippen LogP contribution in [0.15, 0.2) is 24.3 Å². The number of hydrogen-bond acceptors (Lipinski definition) is 2. The van der Waals surface area contributed by atoms with Gasteiger partial charge in [0.25, 0.3) is 0 Å². The van der Waals surface area contributed by atoms with Crippen LogP contribution in [0.4, 0.5) is 5.69 Å². The van der Waals surface area contributed by atoms with Crippen molar-refractivity contribution in [1.29, 1.82) is 0 Å². The summed E-state index contributed by atoms with van der Waals surface area (Å²) in [6.07, 6.45) is 9.87. The first kappa shape index (κ1) is 13.0. The Morgan fingerprint density at radius 1 is 1.00 bits per heavy atom. The van der Waals surface area contributed by atoms with Crippen LogP contribution >= 0.6 is 0 Å². The van der Waals surface area contributed by atoms with E-state index >= 15 is 0 Å². The second-order valence-corrected chi connectivity index (χ2v) is 6.28. The van der Waals surface area contributed by atoms with Crippen LogP contribution in [0, 0.1) is 5.92 Å². The zero-order chi connectivity index (χ0) is 13.1. The van der Waals surface area contributed by atoms with Crippen LogP contribution < -0.4 is 5.73 Å². The number of nitrogens with two attached hydrogens (primary N) is 1. The van der Waals surface area contributed by atoms with E-state index in [1.54, 1.807) is 0 Å². The number of nitrogens with zero attached hydrogens (tertiary/aromatic N) is 1. The Morgan fingerprint density at radius 2 is 1.74 bits per heavy atom. The number of likely N-dealkylation sites (tertiary alicyclic amines) is 1. The fourth-order valence-corrected chi connectivity index (χ4v) is 3.96. The molecule has 2 nitrogen and oxygen atoms in total. The van der Waals surface area contributed by atoms with Crippen LogP contribution in [-0.4, -0.2) is 24.0 Å². The minimum absolute atomic E-state index is 0.870. The molecule has 1 aliphatic carbocycles. The van der Waals surface area contributed by atoms with E-state index in [0.29, 0.717) is 0 Å². The zero-order valence-corrected chi connectivity index (χ0v) is 11.9. The molecule has 2 fully saturated rings. The van der Waals surface area contributed by atoms with Gasteiger partial charge in [0.15, 0.2) is 0 Å². The highest BCUT2D eigenvalue weighted by atomic mass is 15.2. The van der Waals surface area contributed by atoms with Crippen LogP contribution in [0.2, 0.25) is 0 Å². The third-order valence-electron chi connectivity index (χ3n) is 5.03. The van der Waals surface area contributed by atoms with Crippen LogP contribution in [-0.2, 0) is 6.42 Å². The number of rotatable bonds is 3. The fourth-order valence-electron chi connectivity index (χ4n) is 3.96. The molecule has 2 heteroatoms. The topological polar surface area (TPSA) is 29.3 Å². The van der Waals surface area contributed by atoms with Gasteiger partial charge in [-0.25, -0.2) is 0 Å². The summed E-state index contributed by atoms with van der Waals surface area (Å²) in [6, 6.07) is 9.29. The molecular formula is C17H26N2. The summed E-state index contributed by atoms with van der Waals surface area (Å²) in [5.74, 6) is 0.994. The molecule has 104 valence electrons. The van der Waals surface area contributed by atoms with Crippen molar-refractivity contribution in [3.63, 3.8) is 0 Å². The van der Waals surface area contributed by atoms with E-state index in [4.69, 9.17) is 5.73 Å². The first-order valence-electron chi connectivity index (χ1n) is 7.91. The van der Waals surface area contributed by atoms with Crippen molar-refractivity contribution in [2.45, 2.75) is 51.0 Å². The molecule has 0 amide bonds. The van der Waals surface area contributed by atoms with Gasteiger partial charge in [-0.15, -0.1) is 0 Å². The summed E-state index contributed by atoms with van der Waals surface area (Å²) in [7, 11) is 0. The lowest BCUT2D eigenvalue weighted by Crippen LogP contribution is -2.47. The van der Waals surface area contributed by atoms with Crippen molar-refractivity contribution >= 4 is 5.69 Å². The highest BCUT2D eigenvalue weighted by molar-refractivity contribution is 5.39. The molecule has 1 saturated heterocycles. The van der Waals surface area contributed by atoms with Crippen LogP contribution in [0.1, 0.15) is 44.1 Å². The fraction of sp³-hybridized carbons (Fsp3) is 0.647. The molecule has 1 heterocycles. The quantitative estimate of drug-likeness (QED) is 0.841. The van der Waals surface area contributed by atoms with Gasteiger partial charge in [-0.05, 0) is 62.3 Å². The number of nitrogen functional groups attached to an aromatic ring is 1. The molecule has 2 N–H and O–H groups in total. The van der Waals surface area contributed by atoms with Gasteiger partial charge in [-0.1, -0.05) is 25.0 Å². The van der Waals surface area contributed by atoms with E-state index in [-0.39, 0.29) is 0 Å². The maximum Gasteiger partial charge on any atom is 0.0314 e. The lowest BCUT2D eigenvalue weighted by atomic mass is 9.78. The second-order valence-electron chi connectivity index (χ2n) is 6.28. The SMILES string of the molecule is Nc1ccc(CCN2CCCC3CCCCC32)cc1. The van der Waals surface area contributed by atoms with E-state index in [1.165, 1.54) is 63.6 Å². The van der Waals surface area contributed by atoms with Crippen LogP contribution in [0.3, 0.4) is 0 Å². The predicted octanol–water partition coefficient (Wildman–Crippen LogP) is 3.47. The number of hydrogen-bond donors (Lipinski definition) is 1. The van der Waals surface area contributed by atoms with Gasteiger partial charge in [0, 0.05) is 18.3 Å². The van der Waals surface area contributed by atoms with Gasteiger partial charge in [0.1, 0.15) is 0 Å². The number of anilines is 1. The maximum atomic E-state index is 5.74. The number of piperidine rings is 1. The standard InChI is InChI=1S/C17H26N2/c18-16-9-7-14(8-10-16)11-13-19-12-3-5-15-4-1-2-6-17(15)19/h7-10,15,17H,1-6,11-13,18H2. The second kappa shape index (κ2) is 5.96. The molecule has 0 radical (unpaired) electrons. The van der Waals surface area contributed by atoms with E-state index < -0.39 is 0 Å². The Labute approximate surface area is 117 Å². The lowest BCUT2D eigenvalue weighted by Gasteiger charge is -2.44. The first-order chi connectivity index (χ1) is 9.33. The molecule has 2 aliphatic rings. The summed E-state index contributed by atoms with van der Waals surface area (Å²) < 4.78 is 0. The monoisotopic (exact) mass is 258 g/mol. The maximum absolute atomic E-state index is 5.74. The third-order valence-corrected chi connectivity index (χ3v) is 5.03. The normalized spacial score (nSPS) is 28.0. The van der Waals surface area contributed by atoms with Crippen LogP contribution in [0.5, 0.6) is 0 Å². The first-order valence-corrected chi connectivity index (χ1v) is 7.91. The van der Waals surface area contributed by atoms with E-state index in [1.807, 2.05) is 12.1 Å². The van der Waals surface area contributed by atoms with Crippen LogP contribution in [0.25, 0.3) is 0 Å². The summed E-state index contributed by atoms with van der Waals surface area (Å²) in [4.78, 5) is 2.77. The minimum Gasteiger partial charge on any atom is -0.399 e. The molecular weight excluding hydrogens is 232 g/mol. The third kappa shape index (κ3) is 3.11. The molecule has 0 bridgehead atoms. The average Bonchev–Trinajstić information content (AvgIpc) is 2.47. The van der Waals surface area contributed by atoms with Gasteiger partial charge in [0.2, 0.25) is 0 Å². The average molecular weight is 258 g/mol. The van der Waals surface area contributed by atoms with Gasteiger partial charge >= 0.3 is 0 Å². The number of benzene rings is 1. The molecule has 1 aromatic carbocycles. The van der Waals surface area contributed by atoms with Crippen molar-refractivity contribution in [2.75, 3.05) is 18.8 Å². The molecule has 0 spiro atoms. The predicted molar refractivity (Wildman–Crippen MR) is 81.1 cm³/mol. The van der Waals surface area contributed by atoms with Crippen molar-refractivity contribution < 1.29 is 0 Å². The molecule has 1 saturated carbocycles. The van der Waals surface area contributed by atoms with E-state index in [0.717, 1.165) is 17.6 Å². The molecule has 19 heavy (non-hydrogen) atoms. The largest absolute Gasteiger partial charge is 0.399 e. The Bertz CT molecular complexity index is 396. The lowest BCUT2D eigenvalue weighted by molar-refractivity contribution is 0.0620. The summed E-state index contributed by atoms with van der Waals surface area (Å²) >= 11 is 0. The Morgan fingerprint density at radius 3 is 2.58 bits per heavy atom. The summed E-state index contributed by atoms with van der Waals surface area (Å²) in [5, 5.41) is 0. The Balaban J connectivity index is 1.57. The van der Waals surface area contributed by atoms with Crippen molar-refractivity contribution in [1.82, 2.24) is 4.90 Å². The van der Waals surface area contributed by atoms with Crippen molar-refractivity contribution in [2.24, 2.45) is 5.92 Å². The van der Waals surface area contributed by atoms with Crippen molar-refractivity contribution in [3.05, 3.63) is 29.8 Å².